The predicted molar refractivity (Wildman–Crippen MR) is 62.7 cm³/mol. The highest BCUT2D eigenvalue weighted by atomic mass is 19.1. The number of aliphatic hydroxyl groups is 1. The van der Waals surface area contributed by atoms with E-state index in [1.54, 1.807) is 6.07 Å². The monoisotopic (exact) mass is 224 g/mol. The zero-order chi connectivity index (χ0) is 11.6. The first-order chi connectivity index (χ1) is 7.65. The van der Waals surface area contributed by atoms with Crippen molar-refractivity contribution in [2.24, 2.45) is 5.41 Å². The fourth-order valence-corrected chi connectivity index (χ4v) is 1.91. The molecule has 0 amide bonds. The van der Waals surface area contributed by atoms with Crippen molar-refractivity contribution in [3.8, 4) is 0 Å². The number of anilines is 2. The second kappa shape index (κ2) is 4.29. The average molecular weight is 224 g/mol. The Bertz CT molecular complexity index is 377. The van der Waals surface area contributed by atoms with Gasteiger partial charge in [-0.05, 0) is 42.9 Å². The van der Waals surface area contributed by atoms with Crippen LogP contribution in [-0.2, 0) is 0 Å². The van der Waals surface area contributed by atoms with Gasteiger partial charge in [0.05, 0.1) is 11.4 Å². The second-order valence-corrected chi connectivity index (χ2v) is 4.56. The summed E-state index contributed by atoms with van der Waals surface area (Å²) < 4.78 is 12.8. The third kappa shape index (κ3) is 2.44. The zero-order valence-electron chi connectivity index (χ0n) is 9.17. The lowest BCUT2D eigenvalue weighted by Crippen LogP contribution is -2.17. The third-order valence-corrected chi connectivity index (χ3v) is 3.27. The minimum atomic E-state index is -0.320. The highest BCUT2D eigenvalue weighted by Gasteiger charge is 2.41. The zero-order valence-corrected chi connectivity index (χ0v) is 9.17. The summed E-state index contributed by atoms with van der Waals surface area (Å²) >= 11 is 0. The molecule has 1 fully saturated rings. The predicted octanol–water partition coefficient (Wildman–Crippen LogP) is 1.98. The van der Waals surface area contributed by atoms with Crippen LogP contribution in [0.1, 0.15) is 19.3 Å². The number of halogens is 1. The summed E-state index contributed by atoms with van der Waals surface area (Å²) in [4.78, 5) is 0. The van der Waals surface area contributed by atoms with Crippen molar-refractivity contribution in [3.05, 3.63) is 24.0 Å². The van der Waals surface area contributed by atoms with Gasteiger partial charge in [0.15, 0.2) is 0 Å². The Morgan fingerprint density at radius 3 is 2.75 bits per heavy atom. The molecule has 0 radical (unpaired) electrons. The highest BCUT2D eigenvalue weighted by molar-refractivity contribution is 5.65. The molecule has 4 N–H and O–H groups in total. The molecule has 0 aromatic heterocycles. The second-order valence-electron chi connectivity index (χ2n) is 4.56. The molecule has 88 valence electrons. The molecule has 1 aromatic rings. The highest BCUT2D eigenvalue weighted by Crippen LogP contribution is 2.48. The summed E-state index contributed by atoms with van der Waals surface area (Å²) in [5.74, 6) is -0.320. The van der Waals surface area contributed by atoms with Crippen LogP contribution in [0, 0.1) is 11.2 Å². The molecule has 0 heterocycles. The van der Waals surface area contributed by atoms with Crippen LogP contribution in [0.2, 0.25) is 0 Å². The van der Waals surface area contributed by atoms with Gasteiger partial charge in [-0.3, -0.25) is 0 Å². The van der Waals surface area contributed by atoms with Crippen LogP contribution in [0.25, 0.3) is 0 Å². The fraction of sp³-hybridized carbons (Fsp3) is 0.500. The number of hydrogen-bond donors (Lipinski definition) is 3. The van der Waals surface area contributed by atoms with E-state index >= 15 is 0 Å². The molecule has 0 saturated heterocycles. The molecule has 2 rings (SSSR count). The largest absolute Gasteiger partial charge is 0.397 e. The summed E-state index contributed by atoms with van der Waals surface area (Å²) in [5.41, 5.74) is 7.12. The van der Waals surface area contributed by atoms with Gasteiger partial charge in [0.1, 0.15) is 5.82 Å². The molecule has 1 aliphatic carbocycles. The topological polar surface area (TPSA) is 58.3 Å². The normalized spacial score (nSPS) is 17.1. The molecule has 1 aliphatic rings. The Balaban J connectivity index is 1.94. The van der Waals surface area contributed by atoms with E-state index in [0.29, 0.717) is 5.69 Å². The van der Waals surface area contributed by atoms with Gasteiger partial charge >= 0.3 is 0 Å². The van der Waals surface area contributed by atoms with Crippen LogP contribution in [0.5, 0.6) is 0 Å². The number of rotatable bonds is 5. The van der Waals surface area contributed by atoms with Crippen LogP contribution in [0.15, 0.2) is 18.2 Å². The van der Waals surface area contributed by atoms with E-state index in [1.807, 2.05) is 0 Å². The SMILES string of the molecule is Nc1cc(F)ccc1NCC1(CCO)CC1. The Labute approximate surface area is 94.5 Å². The molecule has 1 aromatic carbocycles. The lowest BCUT2D eigenvalue weighted by atomic mass is 10.0. The van der Waals surface area contributed by atoms with Crippen LogP contribution in [0.4, 0.5) is 15.8 Å². The van der Waals surface area contributed by atoms with E-state index < -0.39 is 0 Å². The molecule has 0 bridgehead atoms. The first kappa shape index (κ1) is 11.2. The minimum absolute atomic E-state index is 0.223. The number of benzene rings is 1. The molecule has 4 heteroatoms. The molecule has 0 aliphatic heterocycles. The standard InChI is InChI=1S/C12H17FN2O/c13-9-1-2-11(10(14)7-9)15-8-12(3-4-12)5-6-16/h1-2,7,15-16H,3-6,8,14H2. The molecular formula is C12H17FN2O. The van der Waals surface area contributed by atoms with Crippen LogP contribution in [-0.4, -0.2) is 18.3 Å². The number of nitrogens with one attached hydrogen (secondary N) is 1. The minimum Gasteiger partial charge on any atom is -0.397 e. The van der Waals surface area contributed by atoms with Gasteiger partial charge in [0.2, 0.25) is 0 Å². The number of nitrogens with two attached hydrogens (primary N) is 1. The molecule has 1 saturated carbocycles. The quantitative estimate of drug-likeness (QED) is 0.670. The van der Waals surface area contributed by atoms with Crippen LogP contribution >= 0.6 is 0 Å². The summed E-state index contributed by atoms with van der Waals surface area (Å²) in [6.45, 7) is 1.02. The lowest BCUT2D eigenvalue weighted by Gasteiger charge is -2.16. The Kier molecular flexibility index (Phi) is 3.01. The van der Waals surface area contributed by atoms with Crippen molar-refractivity contribution < 1.29 is 9.50 Å². The molecule has 0 atom stereocenters. The first-order valence-corrected chi connectivity index (χ1v) is 5.55. The van der Waals surface area contributed by atoms with Gasteiger partial charge in [-0.15, -0.1) is 0 Å². The van der Waals surface area contributed by atoms with E-state index in [1.165, 1.54) is 12.1 Å². The smallest absolute Gasteiger partial charge is 0.125 e. The van der Waals surface area contributed by atoms with Crippen molar-refractivity contribution in [3.63, 3.8) is 0 Å². The third-order valence-electron chi connectivity index (χ3n) is 3.27. The number of nitrogen functional groups attached to an aromatic ring is 1. The maximum atomic E-state index is 12.8. The van der Waals surface area contributed by atoms with Crippen molar-refractivity contribution in [1.82, 2.24) is 0 Å². The van der Waals surface area contributed by atoms with Gasteiger partial charge in [-0.2, -0.15) is 0 Å². The maximum absolute atomic E-state index is 12.8. The number of aliphatic hydroxyl groups excluding tert-OH is 1. The van der Waals surface area contributed by atoms with Crippen LogP contribution < -0.4 is 11.1 Å². The molecule has 0 unspecified atom stereocenters. The van der Waals surface area contributed by atoms with Crippen LogP contribution in [0.3, 0.4) is 0 Å². The maximum Gasteiger partial charge on any atom is 0.125 e. The average Bonchev–Trinajstić information content (AvgIpc) is 2.98. The van der Waals surface area contributed by atoms with Crippen molar-refractivity contribution >= 4 is 11.4 Å². The first-order valence-electron chi connectivity index (χ1n) is 5.55. The van der Waals surface area contributed by atoms with Crippen molar-refractivity contribution in [2.45, 2.75) is 19.3 Å². The molecule has 16 heavy (non-hydrogen) atoms. The van der Waals surface area contributed by atoms with E-state index in [-0.39, 0.29) is 17.8 Å². The Morgan fingerprint density at radius 2 is 2.19 bits per heavy atom. The summed E-state index contributed by atoms with van der Waals surface area (Å²) in [6.07, 6.45) is 3.10. The fourth-order valence-electron chi connectivity index (χ4n) is 1.91. The number of hydrogen-bond acceptors (Lipinski definition) is 3. The van der Waals surface area contributed by atoms with Gasteiger partial charge in [-0.25, -0.2) is 4.39 Å². The van der Waals surface area contributed by atoms with Crippen molar-refractivity contribution in [2.75, 3.05) is 24.2 Å². The molecule has 0 spiro atoms. The van der Waals surface area contributed by atoms with E-state index in [2.05, 4.69) is 5.32 Å². The van der Waals surface area contributed by atoms with Gasteiger partial charge in [0.25, 0.3) is 0 Å². The van der Waals surface area contributed by atoms with Crippen molar-refractivity contribution in [1.29, 1.82) is 0 Å². The summed E-state index contributed by atoms with van der Waals surface area (Å²) in [7, 11) is 0. The van der Waals surface area contributed by atoms with Gasteiger partial charge in [-0.1, -0.05) is 0 Å². The molecular weight excluding hydrogens is 207 g/mol. The molecule has 3 nitrogen and oxygen atoms in total. The van der Waals surface area contributed by atoms with E-state index in [0.717, 1.165) is 31.5 Å². The Hall–Kier alpha value is -1.29. The van der Waals surface area contributed by atoms with E-state index in [4.69, 9.17) is 10.8 Å². The summed E-state index contributed by atoms with van der Waals surface area (Å²) in [5, 5.41) is 12.2. The lowest BCUT2D eigenvalue weighted by molar-refractivity contribution is 0.253. The van der Waals surface area contributed by atoms with Gasteiger partial charge in [0, 0.05) is 13.2 Å². The van der Waals surface area contributed by atoms with Gasteiger partial charge < -0.3 is 16.2 Å². The Morgan fingerprint density at radius 1 is 1.44 bits per heavy atom. The summed E-state index contributed by atoms with van der Waals surface area (Å²) in [6, 6.07) is 4.36. The van der Waals surface area contributed by atoms with E-state index in [9.17, 15) is 4.39 Å².